The minimum atomic E-state index is -1.01. The molecule has 0 aliphatic rings. The van der Waals surface area contributed by atoms with Gasteiger partial charge in [0.15, 0.2) is 0 Å². The largest absolute Gasteiger partial charge is 0.394 e. The van der Waals surface area contributed by atoms with Crippen LogP contribution in [-0.2, 0) is 0 Å². The van der Waals surface area contributed by atoms with Gasteiger partial charge in [0.2, 0.25) is 0 Å². The summed E-state index contributed by atoms with van der Waals surface area (Å²) in [7, 11) is 0. The standard InChI is InChI=1S/C9H24N4O3/c10-1-3-12-5-7(15)9(8(16)6-14)13-4-2-11/h7-9,12-16H,1-6,10-11H2. The van der Waals surface area contributed by atoms with Gasteiger partial charge in [0.1, 0.15) is 0 Å². The predicted molar refractivity (Wildman–Crippen MR) is 61.9 cm³/mol. The van der Waals surface area contributed by atoms with Crippen LogP contribution in [0.2, 0.25) is 0 Å². The van der Waals surface area contributed by atoms with Gasteiger partial charge in [0, 0.05) is 32.7 Å². The van der Waals surface area contributed by atoms with E-state index >= 15 is 0 Å². The maximum atomic E-state index is 9.79. The predicted octanol–water partition coefficient (Wildman–Crippen LogP) is -3.83. The van der Waals surface area contributed by atoms with Crippen molar-refractivity contribution in [2.75, 3.05) is 39.3 Å². The van der Waals surface area contributed by atoms with Crippen LogP contribution in [-0.4, -0.2) is 72.9 Å². The number of aliphatic hydroxyl groups excluding tert-OH is 3. The van der Waals surface area contributed by atoms with Crippen LogP contribution in [0.1, 0.15) is 0 Å². The zero-order valence-corrected chi connectivity index (χ0v) is 9.47. The topological polar surface area (TPSA) is 137 Å². The highest BCUT2D eigenvalue weighted by Gasteiger charge is 2.25. The van der Waals surface area contributed by atoms with E-state index < -0.39 is 24.9 Å². The van der Waals surface area contributed by atoms with Crippen LogP contribution in [0.25, 0.3) is 0 Å². The van der Waals surface area contributed by atoms with Gasteiger partial charge in [-0.1, -0.05) is 0 Å². The van der Waals surface area contributed by atoms with Crippen LogP contribution in [0.3, 0.4) is 0 Å². The second-order valence-corrected chi connectivity index (χ2v) is 3.58. The van der Waals surface area contributed by atoms with Crippen molar-refractivity contribution in [3.63, 3.8) is 0 Å². The van der Waals surface area contributed by atoms with Crippen LogP contribution in [0.15, 0.2) is 0 Å². The van der Waals surface area contributed by atoms with Gasteiger partial charge in [-0.2, -0.15) is 0 Å². The van der Waals surface area contributed by atoms with E-state index in [0.717, 1.165) is 0 Å². The molecule has 9 N–H and O–H groups in total. The summed E-state index contributed by atoms with van der Waals surface area (Å²) in [4.78, 5) is 0. The first kappa shape index (κ1) is 15.7. The molecule has 0 heterocycles. The molecule has 0 spiro atoms. The first-order valence-electron chi connectivity index (χ1n) is 5.48. The molecule has 16 heavy (non-hydrogen) atoms. The fourth-order valence-corrected chi connectivity index (χ4v) is 1.37. The summed E-state index contributed by atoms with van der Waals surface area (Å²) < 4.78 is 0. The van der Waals surface area contributed by atoms with Gasteiger partial charge in [-0.15, -0.1) is 0 Å². The maximum absolute atomic E-state index is 9.79. The minimum absolute atomic E-state index is 0.302. The summed E-state index contributed by atoms with van der Waals surface area (Å²) in [6, 6.07) is -0.598. The Kier molecular flexibility index (Phi) is 9.74. The number of hydrogen-bond donors (Lipinski definition) is 7. The van der Waals surface area contributed by atoms with E-state index in [0.29, 0.717) is 32.7 Å². The molecule has 0 rings (SSSR count). The molecule has 0 aliphatic carbocycles. The lowest BCUT2D eigenvalue weighted by Gasteiger charge is -2.27. The molecule has 0 amide bonds. The number of nitrogens with two attached hydrogens (primary N) is 2. The van der Waals surface area contributed by atoms with Crippen molar-refractivity contribution in [3.8, 4) is 0 Å². The molecule has 0 saturated heterocycles. The summed E-state index contributed by atoms with van der Waals surface area (Å²) in [6.45, 7) is 1.84. The molecule has 0 aliphatic heterocycles. The Hall–Kier alpha value is -0.280. The molecule has 0 fully saturated rings. The Labute approximate surface area is 95.8 Å². The third kappa shape index (κ3) is 6.33. The lowest BCUT2D eigenvalue weighted by Crippen LogP contribution is -2.54. The molecular weight excluding hydrogens is 212 g/mol. The second-order valence-electron chi connectivity index (χ2n) is 3.58. The lowest BCUT2D eigenvalue weighted by atomic mass is 10.1. The molecule has 0 aromatic heterocycles. The van der Waals surface area contributed by atoms with E-state index in [2.05, 4.69) is 10.6 Å². The van der Waals surface area contributed by atoms with Crippen molar-refractivity contribution < 1.29 is 15.3 Å². The van der Waals surface area contributed by atoms with E-state index in [1.54, 1.807) is 0 Å². The number of hydrogen-bond acceptors (Lipinski definition) is 7. The molecule has 0 bridgehead atoms. The van der Waals surface area contributed by atoms with Crippen molar-refractivity contribution >= 4 is 0 Å². The maximum Gasteiger partial charge on any atom is 0.0949 e. The Balaban J connectivity index is 4.03. The third-order valence-corrected chi connectivity index (χ3v) is 2.22. The number of rotatable bonds is 10. The molecule has 0 saturated carbocycles. The molecule has 98 valence electrons. The van der Waals surface area contributed by atoms with Gasteiger partial charge in [-0.3, -0.25) is 0 Å². The van der Waals surface area contributed by atoms with Crippen molar-refractivity contribution in [2.24, 2.45) is 11.5 Å². The van der Waals surface area contributed by atoms with E-state index in [1.807, 2.05) is 0 Å². The van der Waals surface area contributed by atoms with Gasteiger partial charge in [0.25, 0.3) is 0 Å². The van der Waals surface area contributed by atoms with Gasteiger partial charge in [0.05, 0.1) is 24.9 Å². The summed E-state index contributed by atoms with van der Waals surface area (Å²) in [6.07, 6.45) is -1.82. The summed E-state index contributed by atoms with van der Waals surface area (Å²) >= 11 is 0. The van der Waals surface area contributed by atoms with E-state index in [9.17, 15) is 10.2 Å². The summed E-state index contributed by atoms with van der Waals surface area (Å²) in [5.74, 6) is 0. The molecule has 7 nitrogen and oxygen atoms in total. The molecular formula is C9H24N4O3. The Morgan fingerprint density at radius 1 is 1.00 bits per heavy atom. The van der Waals surface area contributed by atoms with E-state index in [-0.39, 0.29) is 0 Å². The molecule has 3 unspecified atom stereocenters. The van der Waals surface area contributed by atoms with Gasteiger partial charge in [-0.25, -0.2) is 0 Å². The fraction of sp³-hybridized carbons (Fsp3) is 1.00. The smallest absolute Gasteiger partial charge is 0.0949 e. The van der Waals surface area contributed by atoms with E-state index in [4.69, 9.17) is 16.6 Å². The highest BCUT2D eigenvalue weighted by atomic mass is 16.3. The average Bonchev–Trinajstić information content (AvgIpc) is 2.29. The van der Waals surface area contributed by atoms with Crippen molar-refractivity contribution in [2.45, 2.75) is 18.2 Å². The highest BCUT2D eigenvalue weighted by Crippen LogP contribution is 1.99. The summed E-state index contributed by atoms with van der Waals surface area (Å²) in [5.41, 5.74) is 10.6. The van der Waals surface area contributed by atoms with Gasteiger partial charge >= 0.3 is 0 Å². The van der Waals surface area contributed by atoms with Crippen LogP contribution < -0.4 is 22.1 Å². The van der Waals surface area contributed by atoms with Gasteiger partial charge < -0.3 is 37.4 Å². The Bertz CT molecular complexity index is 162. The third-order valence-electron chi connectivity index (χ3n) is 2.22. The molecule has 3 atom stereocenters. The number of aliphatic hydroxyl groups is 3. The Morgan fingerprint density at radius 2 is 1.62 bits per heavy atom. The zero-order chi connectivity index (χ0) is 12.4. The molecule has 7 heteroatoms. The normalized spacial score (nSPS) is 17.1. The van der Waals surface area contributed by atoms with Crippen LogP contribution in [0.5, 0.6) is 0 Å². The number of nitrogens with one attached hydrogen (secondary N) is 2. The van der Waals surface area contributed by atoms with Crippen LogP contribution in [0.4, 0.5) is 0 Å². The minimum Gasteiger partial charge on any atom is -0.394 e. The van der Waals surface area contributed by atoms with Crippen LogP contribution in [0, 0.1) is 0 Å². The first-order valence-corrected chi connectivity index (χ1v) is 5.48. The SMILES string of the molecule is NCCNCC(O)C(NCCN)C(O)CO. The van der Waals surface area contributed by atoms with Gasteiger partial charge in [-0.05, 0) is 0 Å². The van der Waals surface area contributed by atoms with Crippen molar-refractivity contribution in [1.82, 2.24) is 10.6 Å². The zero-order valence-electron chi connectivity index (χ0n) is 9.47. The second kappa shape index (κ2) is 9.91. The van der Waals surface area contributed by atoms with Crippen molar-refractivity contribution in [1.29, 1.82) is 0 Å². The summed E-state index contributed by atoms with van der Waals surface area (Å²) in [5, 5.41) is 34.0. The first-order chi connectivity index (χ1) is 7.67. The Morgan fingerprint density at radius 3 is 2.12 bits per heavy atom. The lowest BCUT2D eigenvalue weighted by molar-refractivity contribution is 0.00765. The molecule has 0 aromatic carbocycles. The highest BCUT2D eigenvalue weighted by molar-refractivity contribution is 4.84. The average molecular weight is 236 g/mol. The quantitative estimate of drug-likeness (QED) is 0.193. The van der Waals surface area contributed by atoms with Crippen molar-refractivity contribution in [3.05, 3.63) is 0 Å². The molecule has 0 aromatic rings. The van der Waals surface area contributed by atoms with E-state index in [1.165, 1.54) is 0 Å². The fourth-order valence-electron chi connectivity index (χ4n) is 1.37. The monoisotopic (exact) mass is 236 g/mol. The molecule has 0 radical (unpaired) electrons. The van der Waals surface area contributed by atoms with Crippen LogP contribution >= 0.6 is 0 Å².